The third-order valence-corrected chi connectivity index (χ3v) is 3.44. The molecule has 0 amide bonds. The molecule has 1 heterocycles. The van der Waals surface area contributed by atoms with Gasteiger partial charge >= 0.3 is 5.97 Å². The van der Waals surface area contributed by atoms with Gasteiger partial charge < -0.3 is 15.4 Å². The first-order valence-electron chi connectivity index (χ1n) is 6.37. The first-order chi connectivity index (χ1) is 8.72. The van der Waals surface area contributed by atoms with Crippen molar-refractivity contribution in [1.29, 1.82) is 0 Å². The lowest BCUT2D eigenvalue weighted by Gasteiger charge is -2.15. The van der Waals surface area contributed by atoms with Crippen molar-refractivity contribution < 1.29 is 9.53 Å². The number of benzene rings is 1. The van der Waals surface area contributed by atoms with Crippen molar-refractivity contribution in [2.75, 3.05) is 25.5 Å². The third kappa shape index (κ3) is 2.82. The highest BCUT2D eigenvalue weighted by molar-refractivity contribution is 5.92. The van der Waals surface area contributed by atoms with Gasteiger partial charge in [0.2, 0.25) is 0 Å². The number of methoxy groups -OCH3 is 1. The van der Waals surface area contributed by atoms with Crippen LogP contribution in [-0.2, 0) is 4.74 Å². The van der Waals surface area contributed by atoms with Crippen molar-refractivity contribution in [1.82, 2.24) is 5.32 Å². The van der Waals surface area contributed by atoms with E-state index in [0.29, 0.717) is 11.6 Å². The van der Waals surface area contributed by atoms with E-state index in [0.717, 1.165) is 24.3 Å². The van der Waals surface area contributed by atoms with Gasteiger partial charge in [-0.2, -0.15) is 0 Å². The highest BCUT2D eigenvalue weighted by atomic mass is 16.5. The summed E-state index contributed by atoms with van der Waals surface area (Å²) in [5.41, 5.74) is 2.58. The van der Waals surface area contributed by atoms with E-state index in [9.17, 15) is 4.79 Å². The number of carbonyl (C=O) groups excluding carboxylic acids is 1. The summed E-state index contributed by atoms with van der Waals surface area (Å²) in [5, 5.41) is 6.84. The summed E-state index contributed by atoms with van der Waals surface area (Å²) in [7, 11) is 1.41. The summed E-state index contributed by atoms with van der Waals surface area (Å²) in [6.07, 6.45) is 2.45. The van der Waals surface area contributed by atoms with E-state index in [2.05, 4.69) is 10.6 Å². The lowest BCUT2D eigenvalue weighted by molar-refractivity contribution is 0.0600. The molecular weight excluding hydrogens is 228 g/mol. The van der Waals surface area contributed by atoms with Crippen LogP contribution in [0, 0.1) is 6.92 Å². The summed E-state index contributed by atoms with van der Waals surface area (Å²) in [5.74, 6) is -0.282. The first-order valence-corrected chi connectivity index (χ1v) is 6.37. The van der Waals surface area contributed by atoms with Gasteiger partial charge in [0.1, 0.15) is 0 Å². The van der Waals surface area contributed by atoms with Gasteiger partial charge in [-0.15, -0.1) is 0 Å². The van der Waals surface area contributed by atoms with E-state index in [1.807, 2.05) is 19.1 Å². The maximum absolute atomic E-state index is 11.6. The minimum atomic E-state index is -0.282. The summed E-state index contributed by atoms with van der Waals surface area (Å²) in [4.78, 5) is 11.6. The number of rotatable bonds is 4. The third-order valence-electron chi connectivity index (χ3n) is 3.44. The number of anilines is 1. The van der Waals surface area contributed by atoms with E-state index in [1.165, 1.54) is 20.0 Å². The second-order valence-electron chi connectivity index (χ2n) is 4.64. The Hall–Kier alpha value is -1.55. The standard InChI is InChI=1S/C14H20N2O2/c1-10-12(14(17)18-2)6-3-7-13(10)16-9-11-5-4-8-15-11/h3,6-7,11,15-16H,4-5,8-9H2,1-2H3. The lowest BCUT2D eigenvalue weighted by Crippen LogP contribution is -2.29. The van der Waals surface area contributed by atoms with Gasteiger partial charge in [-0.3, -0.25) is 0 Å². The Labute approximate surface area is 108 Å². The molecule has 1 aromatic carbocycles. The second-order valence-corrected chi connectivity index (χ2v) is 4.64. The van der Waals surface area contributed by atoms with Gasteiger partial charge in [0.25, 0.3) is 0 Å². The molecule has 1 saturated heterocycles. The number of hydrogen-bond acceptors (Lipinski definition) is 4. The molecule has 98 valence electrons. The minimum absolute atomic E-state index is 0.282. The summed E-state index contributed by atoms with van der Waals surface area (Å²) < 4.78 is 4.77. The van der Waals surface area contributed by atoms with Crippen molar-refractivity contribution in [3.63, 3.8) is 0 Å². The molecule has 1 aliphatic heterocycles. The number of esters is 1. The summed E-state index contributed by atoms with van der Waals surface area (Å²) in [6, 6.07) is 6.20. The Morgan fingerprint density at radius 2 is 2.39 bits per heavy atom. The maximum Gasteiger partial charge on any atom is 0.338 e. The zero-order chi connectivity index (χ0) is 13.0. The highest BCUT2D eigenvalue weighted by Crippen LogP contribution is 2.20. The van der Waals surface area contributed by atoms with Crippen molar-refractivity contribution in [3.8, 4) is 0 Å². The van der Waals surface area contributed by atoms with Crippen LogP contribution < -0.4 is 10.6 Å². The second kappa shape index (κ2) is 5.87. The van der Waals surface area contributed by atoms with Gasteiger partial charge in [0.05, 0.1) is 12.7 Å². The molecule has 1 aromatic rings. The van der Waals surface area contributed by atoms with Gasteiger partial charge in [-0.1, -0.05) is 6.07 Å². The van der Waals surface area contributed by atoms with E-state index in [4.69, 9.17) is 4.74 Å². The Balaban J connectivity index is 2.05. The largest absolute Gasteiger partial charge is 0.465 e. The van der Waals surface area contributed by atoms with Crippen molar-refractivity contribution in [2.24, 2.45) is 0 Å². The van der Waals surface area contributed by atoms with Crippen molar-refractivity contribution >= 4 is 11.7 Å². The predicted octanol–water partition coefficient (Wildman–Crippen LogP) is 1.95. The van der Waals surface area contributed by atoms with Gasteiger partial charge in [-0.05, 0) is 44.0 Å². The van der Waals surface area contributed by atoms with Crippen LogP contribution in [0.25, 0.3) is 0 Å². The molecule has 2 N–H and O–H groups in total. The number of ether oxygens (including phenoxy) is 1. The van der Waals surface area contributed by atoms with Gasteiger partial charge in [0, 0.05) is 18.3 Å². The van der Waals surface area contributed by atoms with Crippen molar-refractivity contribution in [2.45, 2.75) is 25.8 Å². The monoisotopic (exact) mass is 248 g/mol. The Morgan fingerprint density at radius 3 is 3.06 bits per heavy atom. The molecule has 0 aliphatic carbocycles. The molecule has 4 nitrogen and oxygen atoms in total. The molecule has 1 fully saturated rings. The van der Waals surface area contributed by atoms with Crippen molar-refractivity contribution in [3.05, 3.63) is 29.3 Å². The van der Waals surface area contributed by atoms with Crippen LogP contribution in [0.3, 0.4) is 0 Å². The Morgan fingerprint density at radius 1 is 1.56 bits per heavy atom. The molecule has 1 aliphatic rings. The molecule has 0 radical (unpaired) electrons. The van der Waals surface area contributed by atoms with Gasteiger partial charge in [-0.25, -0.2) is 4.79 Å². The zero-order valence-corrected chi connectivity index (χ0v) is 11.0. The molecule has 1 atom stereocenters. The molecule has 0 aromatic heterocycles. The zero-order valence-electron chi connectivity index (χ0n) is 11.0. The summed E-state index contributed by atoms with van der Waals surface area (Å²) >= 11 is 0. The molecule has 4 heteroatoms. The Kier molecular flexibility index (Phi) is 4.20. The normalized spacial score (nSPS) is 18.7. The molecule has 18 heavy (non-hydrogen) atoms. The average Bonchev–Trinajstić information content (AvgIpc) is 2.90. The fourth-order valence-electron chi connectivity index (χ4n) is 2.32. The molecular formula is C14H20N2O2. The predicted molar refractivity (Wildman–Crippen MR) is 72.0 cm³/mol. The first kappa shape index (κ1) is 12.9. The number of nitrogens with one attached hydrogen (secondary N) is 2. The lowest BCUT2D eigenvalue weighted by atomic mass is 10.1. The van der Waals surface area contributed by atoms with E-state index >= 15 is 0 Å². The van der Waals surface area contributed by atoms with Crippen LogP contribution in [0.15, 0.2) is 18.2 Å². The summed E-state index contributed by atoms with van der Waals surface area (Å²) in [6.45, 7) is 3.94. The molecule has 0 spiro atoms. The van der Waals surface area contributed by atoms with Crippen LogP contribution in [0.1, 0.15) is 28.8 Å². The molecule has 1 unspecified atom stereocenters. The van der Waals surface area contributed by atoms with E-state index in [1.54, 1.807) is 6.07 Å². The topological polar surface area (TPSA) is 50.4 Å². The molecule has 2 rings (SSSR count). The van der Waals surface area contributed by atoms with Crippen LogP contribution in [-0.4, -0.2) is 32.2 Å². The van der Waals surface area contributed by atoms with Crippen LogP contribution in [0.5, 0.6) is 0 Å². The average molecular weight is 248 g/mol. The van der Waals surface area contributed by atoms with E-state index < -0.39 is 0 Å². The van der Waals surface area contributed by atoms with Crippen LogP contribution in [0.4, 0.5) is 5.69 Å². The number of hydrogen-bond donors (Lipinski definition) is 2. The SMILES string of the molecule is COC(=O)c1cccc(NCC2CCCN2)c1C. The smallest absolute Gasteiger partial charge is 0.338 e. The fraction of sp³-hybridized carbons (Fsp3) is 0.500. The maximum atomic E-state index is 11.6. The minimum Gasteiger partial charge on any atom is -0.465 e. The number of carbonyl (C=O) groups is 1. The molecule has 0 bridgehead atoms. The van der Waals surface area contributed by atoms with Crippen LogP contribution in [0.2, 0.25) is 0 Å². The van der Waals surface area contributed by atoms with E-state index in [-0.39, 0.29) is 5.97 Å². The highest BCUT2D eigenvalue weighted by Gasteiger charge is 2.15. The fourth-order valence-corrected chi connectivity index (χ4v) is 2.32. The Bertz CT molecular complexity index is 426. The van der Waals surface area contributed by atoms with Crippen LogP contribution >= 0.6 is 0 Å². The van der Waals surface area contributed by atoms with Gasteiger partial charge in [0.15, 0.2) is 0 Å². The molecule has 0 saturated carbocycles. The quantitative estimate of drug-likeness (QED) is 0.800.